The molecule has 0 aliphatic heterocycles. The van der Waals surface area contributed by atoms with Crippen LogP contribution in [0.25, 0.3) is 0 Å². The monoisotopic (exact) mass is 269 g/mol. The van der Waals surface area contributed by atoms with Crippen LogP contribution in [0.3, 0.4) is 0 Å². The molecular formula is C13H13F2NOS. The summed E-state index contributed by atoms with van der Waals surface area (Å²) < 4.78 is 32.5. The van der Waals surface area contributed by atoms with Crippen molar-refractivity contribution in [3.8, 4) is 5.75 Å². The predicted molar refractivity (Wildman–Crippen MR) is 67.8 cm³/mol. The van der Waals surface area contributed by atoms with E-state index in [0.717, 1.165) is 4.88 Å². The van der Waals surface area contributed by atoms with Crippen molar-refractivity contribution >= 4 is 11.3 Å². The molecule has 2 nitrogen and oxygen atoms in total. The number of hydrogen-bond acceptors (Lipinski definition) is 3. The molecule has 0 unspecified atom stereocenters. The van der Waals surface area contributed by atoms with Gasteiger partial charge in [-0.2, -0.15) is 0 Å². The molecule has 1 aromatic heterocycles. The minimum Gasteiger partial charge on any atom is -0.482 e. The van der Waals surface area contributed by atoms with E-state index < -0.39 is 11.6 Å². The van der Waals surface area contributed by atoms with Gasteiger partial charge in [0.05, 0.1) is 0 Å². The van der Waals surface area contributed by atoms with E-state index in [2.05, 4.69) is 0 Å². The van der Waals surface area contributed by atoms with Crippen LogP contribution in [-0.2, 0) is 13.0 Å². The Morgan fingerprint density at radius 3 is 2.50 bits per heavy atom. The summed E-state index contributed by atoms with van der Waals surface area (Å²) >= 11 is 1.48. The van der Waals surface area contributed by atoms with Crippen LogP contribution in [0, 0.1) is 11.6 Å². The smallest absolute Gasteiger partial charge is 0.191 e. The maximum Gasteiger partial charge on any atom is 0.191 e. The molecule has 0 aliphatic carbocycles. The molecule has 2 rings (SSSR count). The van der Waals surface area contributed by atoms with Crippen LogP contribution in [0.15, 0.2) is 29.6 Å². The molecule has 2 aromatic rings. The van der Waals surface area contributed by atoms with E-state index in [1.165, 1.54) is 23.5 Å². The SMILES string of the molecule is NCCc1cc(F)c(OCc2cccs2)c(F)c1. The summed E-state index contributed by atoms with van der Waals surface area (Å²) in [6.45, 7) is 0.524. The molecule has 0 amide bonds. The Morgan fingerprint density at radius 1 is 1.22 bits per heavy atom. The van der Waals surface area contributed by atoms with Crippen LogP contribution in [0.4, 0.5) is 8.78 Å². The minimum absolute atomic E-state index is 0.168. The highest BCUT2D eigenvalue weighted by atomic mass is 32.1. The zero-order valence-electron chi connectivity index (χ0n) is 9.66. The predicted octanol–water partition coefficient (Wildman–Crippen LogP) is 3.11. The summed E-state index contributed by atoms with van der Waals surface area (Å²) in [6, 6.07) is 6.24. The quantitative estimate of drug-likeness (QED) is 0.905. The minimum atomic E-state index is -0.685. The summed E-state index contributed by atoms with van der Waals surface area (Å²) in [7, 11) is 0. The van der Waals surface area contributed by atoms with Crippen LogP contribution in [0.5, 0.6) is 5.75 Å². The molecule has 2 N–H and O–H groups in total. The van der Waals surface area contributed by atoms with E-state index in [0.29, 0.717) is 18.5 Å². The van der Waals surface area contributed by atoms with E-state index >= 15 is 0 Å². The van der Waals surface area contributed by atoms with Gasteiger partial charge in [0.15, 0.2) is 17.4 Å². The molecule has 96 valence electrons. The first-order valence-electron chi connectivity index (χ1n) is 5.54. The van der Waals surface area contributed by atoms with Gasteiger partial charge in [0.1, 0.15) is 6.61 Å². The molecule has 0 saturated carbocycles. The van der Waals surface area contributed by atoms with Gasteiger partial charge in [-0.25, -0.2) is 8.78 Å². The standard InChI is InChI=1S/C13H13F2NOS/c14-11-6-9(3-4-16)7-12(15)13(11)17-8-10-2-1-5-18-10/h1-2,5-7H,3-4,8,16H2. The van der Waals surface area contributed by atoms with E-state index in [4.69, 9.17) is 10.5 Å². The first kappa shape index (κ1) is 13.0. The fraction of sp³-hybridized carbons (Fsp3) is 0.231. The summed E-state index contributed by atoms with van der Waals surface area (Å²) in [5, 5.41) is 1.88. The lowest BCUT2D eigenvalue weighted by Crippen LogP contribution is -2.05. The maximum absolute atomic E-state index is 13.7. The number of benzene rings is 1. The molecule has 1 aromatic carbocycles. The highest BCUT2D eigenvalue weighted by Gasteiger charge is 2.12. The lowest BCUT2D eigenvalue weighted by atomic mass is 10.1. The number of hydrogen-bond donors (Lipinski definition) is 1. The number of halogens is 2. The molecular weight excluding hydrogens is 256 g/mol. The molecule has 0 radical (unpaired) electrons. The topological polar surface area (TPSA) is 35.2 Å². The average molecular weight is 269 g/mol. The summed E-state index contributed by atoms with van der Waals surface area (Å²) in [6.07, 6.45) is 0.443. The molecule has 0 spiro atoms. The van der Waals surface area contributed by atoms with Crippen molar-refractivity contribution in [2.75, 3.05) is 6.54 Å². The van der Waals surface area contributed by atoms with Gasteiger partial charge in [-0.1, -0.05) is 6.07 Å². The third kappa shape index (κ3) is 3.05. The number of thiophene rings is 1. The summed E-state index contributed by atoms with van der Waals surface area (Å²) in [5.74, 6) is -1.70. The Balaban J connectivity index is 2.12. The van der Waals surface area contributed by atoms with Crippen LogP contribution in [0.2, 0.25) is 0 Å². The van der Waals surface area contributed by atoms with E-state index in [9.17, 15) is 8.78 Å². The molecule has 0 aliphatic rings. The van der Waals surface area contributed by atoms with Crippen LogP contribution in [0.1, 0.15) is 10.4 Å². The summed E-state index contributed by atoms with van der Waals surface area (Å²) in [4.78, 5) is 0.917. The number of ether oxygens (including phenoxy) is 1. The van der Waals surface area contributed by atoms with E-state index in [1.807, 2.05) is 17.5 Å². The zero-order valence-corrected chi connectivity index (χ0v) is 10.5. The van der Waals surface area contributed by atoms with E-state index in [-0.39, 0.29) is 12.4 Å². The summed E-state index contributed by atoms with van der Waals surface area (Å²) in [5.41, 5.74) is 5.88. The van der Waals surface area contributed by atoms with Gasteiger partial charge >= 0.3 is 0 Å². The Labute approximate surface area is 108 Å². The Hall–Kier alpha value is -1.46. The maximum atomic E-state index is 13.7. The lowest BCUT2D eigenvalue weighted by molar-refractivity contribution is 0.276. The fourth-order valence-electron chi connectivity index (χ4n) is 1.60. The Bertz CT molecular complexity index is 491. The second kappa shape index (κ2) is 5.93. The normalized spacial score (nSPS) is 10.6. The van der Waals surface area contributed by atoms with Gasteiger partial charge in [-0.05, 0) is 42.1 Å². The number of rotatable bonds is 5. The van der Waals surface area contributed by atoms with Gasteiger partial charge in [0.2, 0.25) is 0 Å². The van der Waals surface area contributed by atoms with Gasteiger partial charge in [-0.3, -0.25) is 0 Å². The van der Waals surface area contributed by atoms with Gasteiger partial charge < -0.3 is 10.5 Å². The first-order valence-corrected chi connectivity index (χ1v) is 6.42. The largest absolute Gasteiger partial charge is 0.482 e. The fourth-order valence-corrected chi connectivity index (χ4v) is 2.22. The van der Waals surface area contributed by atoms with Gasteiger partial charge in [0.25, 0.3) is 0 Å². The Kier molecular flexibility index (Phi) is 4.28. The highest BCUT2D eigenvalue weighted by Crippen LogP contribution is 2.25. The zero-order chi connectivity index (χ0) is 13.0. The van der Waals surface area contributed by atoms with Crippen molar-refractivity contribution < 1.29 is 13.5 Å². The van der Waals surface area contributed by atoms with Crippen LogP contribution < -0.4 is 10.5 Å². The van der Waals surface area contributed by atoms with Crippen molar-refractivity contribution in [3.63, 3.8) is 0 Å². The van der Waals surface area contributed by atoms with Crippen LogP contribution >= 0.6 is 11.3 Å². The number of nitrogens with two attached hydrogens (primary N) is 1. The van der Waals surface area contributed by atoms with Crippen LogP contribution in [-0.4, -0.2) is 6.54 Å². The van der Waals surface area contributed by atoms with Gasteiger partial charge in [0, 0.05) is 4.88 Å². The third-order valence-electron chi connectivity index (χ3n) is 2.43. The van der Waals surface area contributed by atoms with Crippen molar-refractivity contribution in [2.24, 2.45) is 5.73 Å². The molecule has 0 fully saturated rings. The third-order valence-corrected chi connectivity index (χ3v) is 3.28. The molecule has 0 bridgehead atoms. The first-order chi connectivity index (χ1) is 8.70. The molecule has 0 saturated heterocycles. The Morgan fingerprint density at radius 2 is 1.94 bits per heavy atom. The lowest BCUT2D eigenvalue weighted by Gasteiger charge is -2.09. The van der Waals surface area contributed by atoms with Crippen molar-refractivity contribution in [1.29, 1.82) is 0 Å². The molecule has 0 atom stereocenters. The van der Waals surface area contributed by atoms with Gasteiger partial charge in [-0.15, -0.1) is 11.3 Å². The van der Waals surface area contributed by atoms with E-state index in [1.54, 1.807) is 0 Å². The molecule has 18 heavy (non-hydrogen) atoms. The van der Waals surface area contributed by atoms with Crippen molar-refractivity contribution in [2.45, 2.75) is 13.0 Å². The van der Waals surface area contributed by atoms with Crippen molar-refractivity contribution in [3.05, 3.63) is 51.7 Å². The average Bonchev–Trinajstić information content (AvgIpc) is 2.81. The second-order valence-corrected chi connectivity index (χ2v) is 4.83. The molecule has 1 heterocycles. The molecule has 5 heteroatoms. The van der Waals surface area contributed by atoms with Crippen molar-refractivity contribution in [1.82, 2.24) is 0 Å². The highest BCUT2D eigenvalue weighted by molar-refractivity contribution is 7.09. The second-order valence-electron chi connectivity index (χ2n) is 3.80.